The Morgan fingerprint density at radius 1 is 1.05 bits per heavy atom. The van der Waals surface area contributed by atoms with Gasteiger partial charge in [-0.1, -0.05) is 18.6 Å². The van der Waals surface area contributed by atoms with Crippen LogP contribution in [0.2, 0.25) is 0 Å². The fourth-order valence-corrected chi connectivity index (χ4v) is 5.39. The zero-order valence-electron chi connectivity index (χ0n) is 24.3. The van der Waals surface area contributed by atoms with Crippen LogP contribution >= 0.6 is 0 Å². The molecule has 5 rings (SSSR count). The summed E-state index contributed by atoms with van der Waals surface area (Å²) in [5.41, 5.74) is 2.51. The van der Waals surface area contributed by atoms with Gasteiger partial charge < -0.3 is 19.7 Å². The molecule has 2 fully saturated rings. The van der Waals surface area contributed by atoms with Gasteiger partial charge in [0.05, 0.1) is 5.56 Å². The second kappa shape index (κ2) is 12.7. The van der Waals surface area contributed by atoms with Gasteiger partial charge in [0.15, 0.2) is 5.82 Å². The van der Waals surface area contributed by atoms with E-state index in [1.807, 2.05) is 32.9 Å². The van der Waals surface area contributed by atoms with Gasteiger partial charge in [-0.15, -0.1) is 0 Å². The lowest BCUT2D eigenvalue weighted by Gasteiger charge is -2.33. The van der Waals surface area contributed by atoms with E-state index < -0.39 is 17.9 Å². The Labute approximate surface area is 246 Å². The molecule has 9 nitrogen and oxygen atoms in total. The summed E-state index contributed by atoms with van der Waals surface area (Å²) >= 11 is 0. The van der Waals surface area contributed by atoms with Crippen LogP contribution in [0.5, 0.6) is 5.75 Å². The van der Waals surface area contributed by atoms with Crippen LogP contribution < -0.4 is 10.1 Å². The maximum atomic E-state index is 14.3. The molecule has 2 aromatic carbocycles. The average molecular weight is 573 g/mol. The number of rotatable bonds is 6. The third-order valence-corrected chi connectivity index (χ3v) is 7.62. The third kappa shape index (κ3) is 7.32. The van der Waals surface area contributed by atoms with Crippen molar-refractivity contribution in [3.8, 4) is 23.2 Å². The third-order valence-electron chi connectivity index (χ3n) is 7.62. The van der Waals surface area contributed by atoms with Crippen molar-refractivity contribution in [2.75, 3.05) is 18.4 Å². The van der Waals surface area contributed by atoms with Crippen molar-refractivity contribution in [3.05, 3.63) is 59.9 Å². The Kier molecular flexibility index (Phi) is 8.86. The molecule has 1 aliphatic carbocycles. The Hall–Kier alpha value is -4.26. The zero-order valence-corrected chi connectivity index (χ0v) is 24.3. The molecule has 0 unspecified atom stereocenters. The van der Waals surface area contributed by atoms with Gasteiger partial charge in [-0.2, -0.15) is 10.2 Å². The lowest BCUT2D eigenvalue weighted by Crippen LogP contribution is -2.41. The zero-order chi connectivity index (χ0) is 29.7. The molecule has 1 saturated carbocycles. The molecule has 2 atom stereocenters. The Balaban J connectivity index is 1.20. The van der Waals surface area contributed by atoms with Crippen LogP contribution in [0.3, 0.4) is 0 Å². The van der Waals surface area contributed by atoms with Gasteiger partial charge in [0, 0.05) is 24.3 Å². The van der Waals surface area contributed by atoms with E-state index >= 15 is 0 Å². The van der Waals surface area contributed by atoms with E-state index in [9.17, 15) is 14.4 Å². The highest BCUT2D eigenvalue weighted by Crippen LogP contribution is 2.32. The minimum absolute atomic E-state index is 0.250. The van der Waals surface area contributed by atoms with Gasteiger partial charge in [0.1, 0.15) is 36.0 Å². The summed E-state index contributed by atoms with van der Waals surface area (Å²) in [6.45, 7) is 6.98. The number of benzene rings is 2. The molecule has 1 aromatic heterocycles. The van der Waals surface area contributed by atoms with Crippen molar-refractivity contribution in [2.24, 2.45) is 0 Å². The van der Waals surface area contributed by atoms with E-state index in [4.69, 9.17) is 9.47 Å². The molecule has 2 aliphatic rings. The topological polar surface area (TPSA) is 113 Å². The van der Waals surface area contributed by atoms with Crippen molar-refractivity contribution in [1.29, 1.82) is 5.26 Å². The van der Waals surface area contributed by atoms with E-state index in [1.54, 1.807) is 23.1 Å². The van der Waals surface area contributed by atoms with Gasteiger partial charge in [-0.25, -0.2) is 19.2 Å². The molecule has 2 heterocycles. The highest BCUT2D eigenvalue weighted by molar-refractivity contribution is 5.68. The first-order valence-electron chi connectivity index (χ1n) is 14.6. The average Bonchev–Trinajstić information content (AvgIpc) is 2.98. The standard InChI is InChI=1S/C32H37FN6O3/c1-32(2,3)42-31(40)39-16-14-22(15-17-39)21-8-11-25(12-9-21)37-30-36-20-35-29(38-30)23-10-13-27(24(18-23)19-34)41-28-7-5-4-6-26(28)33/h8-13,18,20,22,26,28H,4-7,14-17H2,1-3H3,(H,35,36,37,38)/t26-,28+/m1/s1. The summed E-state index contributed by atoms with van der Waals surface area (Å²) in [6.07, 6.45) is 4.30. The van der Waals surface area contributed by atoms with Crippen LogP contribution in [-0.2, 0) is 4.74 Å². The maximum absolute atomic E-state index is 14.3. The normalized spacial score (nSPS) is 19.5. The van der Waals surface area contributed by atoms with Crippen LogP contribution in [-0.4, -0.2) is 56.9 Å². The van der Waals surface area contributed by atoms with Gasteiger partial charge in [-0.05, 0) is 94.7 Å². The van der Waals surface area contributed by atoms with Gasteiger partial charge in [0.25, 0.3) is 0 Å². The molecular formula is C32H37FN6O3. The number of anilines is 2. The summed E-state index contributed by atoms with van der Waals surface area (Å²) in [6, 6.07) is 15.4. The van der Waals surface area contributed by atoms with Crippen LogP contribution in [0.1, 0.15) is 76.3 Å². The number of alkyl halides is 1. The summed E-state index contributed by atoms with van der Waals surface area (Å²) in [7, 11) is 0. The first-order chi connectivity index (χ1) is 20.2. The number of carbonyl (C=O) groups is 1. The van der Waals surface area contributed by atoms with E-state index in [1.165, 1.54) is 11.9 Å². The number of nitrogens with one attached hydrogen (secondary N) is 1. The Morgan fingerprint density at radius 2 is 1.79 bits per heavy atom. The highest BCUT2D eigenvalue weighted by atomic mass is 19.1. The van der Waals surface area contributed by atoms with Gasteiger partial charge >= 0.3 is 6.09 Å². The Bertz CT molecular complexity index is 1430. The van der Waals surface area contributed by atoms with Crippen LogP contribution in [0.4, 0.5) is 20.8 Å². The lowest BCUT2D eigenvalue weighted by molar-refractivity contribution is 0.0205. The SMILES string of the molecule is CC(C)(C)OC(=O)N1CCC(c2ccc(Nc3ncnc(-c4ccc(O[C@H]5CCCC[C@H]5F)c(C#N)c4)n3)cc2)CC1. The molecule has 220 valence electrons. The molecule has 0 radical (unpaired) electrons. The quantitative estimate of drug-likeness (QED) is 0.338. The van der Waals surface area contributed by atoms with Crippen LogP contribution in [0, 0.1) is 11.3 Å². The Morgan fingerprint density at radius 3 is 2.48 bits per heavy atom. The van der Waals surface area contributed by atoms with Crippen molar-refractivity contribution in [2.45, 2.75) is 83.1 Å². The molecule has 0 spiro atoms. The second-order valence-electron chi connectivity index (χ2n) is 11.9. The molecular weight excluding hydrogens is 535 g/mol. The number of hydrogen-bond donors (Lipinski definition) is 1. The number of likely N-dealkylation sites (tertiary alicyclic amines) is 1. The number of piperidine rings is 1. The molecule has 1 amide bonds. The number of nitrogens with zero attached hydrogens (tertiary/aromatic N) is 5. The molecule has 1 saturated heterocycles. The smallest absolute Gasteiger partial charge is 0.410 e. The minimum atomic E-state index is -1.02. The van der Waals surface area contributed by atoms with Gasteiger partial charge in [0.2, 0.25) is 5.95 Å². The van der Waals surface area contributed by atoms with Crippen molar-refractivity contribution in [3.63, 3.8) is 0 Å². The highest BCUT2D eigenvalue weighted by Gasteiger charge is 2.28. The molecule has 10 heteroatoms. The molecule has 42 heavy (non-hydrogen) atoms. The lowest BCUT2D eigenvalue weighted by atomic mass is 9.89. The molecule has 0 bridgehead atoms. The van der Waals surface area contributed by atoms with Crippen molar-refractivity contribution in [1.82, 2.24) is 19.9 Å². The molecule has 3 aromatic rings. The predicted molar refractivity (Wildman–Crippen MR) is 157 cm³/mol. The first-order valence-corrected chi connectivity index (χ1v) is 14.6. The monoisotopic (exact) mass is 572 g/mol. The first kappa shape index (κ1) is 29.2. The van der Waals surface area contributed by atoms with Crippen LogP contribution in [0.15, 0.2) is 48.8 Å². The van der Waals surface area contributed by atoms with E-state index in [2.05, 4.69) is 38.5 Å². The number of nitriles is 1. The summed E-state index contributed by atoms with van der Waals surface area (Å²) in [4.78, 5) is 27.2. The van der Waals surface area contributed by atoms with Crippen LogP contribution in [0.25, 0.3) is 11.4 Å². The van der Waals surface area contributed by atoms with Crippen molar-refractivity contribution < 1.29 is 18.7 Å². The maximum Gasteiger partial charge on any atom is 0.410 e. The predicted octanol–water partition coefficient (Wildman–Crippen LogP) is 6.93. The molecule has 1 aliphatic heterocycles. The fraction of sp³-hybridized carbons (Fsp3) is 0.469. The van der Waals surface area contributed by atoms with Gasteiger partial charge in [-0.3, -0.25) is 0 Å². The second-order valence-corrected chi connectivity index (χ2v) is 11.9. The summed E-state index contributed by atoms with van der Waals surface area (Å²) < 4.78 is 25.7. The fourth-order valence-electron chi connectivity index (χ4n) is 5.39. The number of carbonyl (C=O) groups excluding carboxylic acids is 1. The number of aromatic nitrogens is 3. The minimum Gasteiger partial charge on any atom is -0.486 e. The molecule has 1 N–H and O–H groups in total. The summed E-state index contributed by atoms with van der Waals surface area (Å²) in [5, 5.41) is 12.9. The number of halogens is 1. The van der Waals surface area contributed by atoms with Crippen molar-refractivity contribution >= 4 is 17.7 Å². The number of hydrogen-bond acceptors (Lipinski definition) is 8. The number of ether oxygens (including phenoxy) is 2. The largest absolute Gasteiger partial charge is 0.486 e. The van der Waals surface area contributed by atoms with E-state index in [-0.39, 0.29) is 6.09 Å². The van der Waals surface area contributed by atoms with E-state index in [0.717, 1.165) is 31.4 Å². The van der Waals surface area contributed by atoms with E-state index in [0.29, 0.717) is 60.5 Å². The number of amides is 1. The summed E-state index contributed by atoms with van der Waals surface area (Å²) in [5.74, 6) is 1.53.